The van der Waals surface area contributed by atoms with Gasteiger partial charge >= 0.3 is 5.97 Å². The third-order valence-electron chi connectivity index (χ3n) is 1.61. The fraction of sp³-hybridized carbons (Fsp3) is 0.875. The third kappa shape index (κ3) is 2.79. The summed E-state index contributed by atoms with van der Waals surface area (Å²) in [5.41, 5.74) is 0. The lowest BCUT2D eigenvalue weighted by Crippen LogP contribution is -2.41. The van der Waals surface area contributed by atoms with Crippen LogP contribution in [0.2, 0.25) is 0 Å². The Morgan fingerprint density at radius 2 is 2.42 bits per heavy atom. The molecule has 0 aromatic heterocycles. The second kappa shape index (κ2) is 4.42. The van der Waals surface area contributed by atoms with Crippen molar-refractivity contribution in [3.8, 4) is 0 Å². The third-order valence-corrected chi connectivity index (χ3v) is 1.61. The van der Waals surface area contributed by atoms with Gasteiger partial charge in [0.15, 0.2) is 0 Å². The second-order valence-electron chi connectivity index (χ2n) is 3.10. The topological polar surface area (TPSA) is 47.6 Å². The second-order valence-corrected chi connectivity index (χ2v) is 3.10. The molecule has 1 N–H and O–H groups in total. The molecule has 0 aliphatic carbocycles. The van der Waals surface area contributed by atoms with E-state index in [4.69, 9.17) is 9.47 Å². The van der Waals surface area contributed by atoms with Crippen LogP contribution in [0.4, 0.5) is 0 Å². The number of esters is 1. The average molecular weight is 173 g/mol. The van der Waals surface area contributed by atoms with Gasteiger partial charge in [0, 0.05) is 6.54 Å². The molecule has 0 bridgehead atoms. The van der Waals surface area contributed by atoms with Gasteiger partial charge in [-0.05, 0) is 0 Å². The Bertz CT molecular complexity index is 152. The van der Waals surface area contributed by atoms with E-state index >= 15 is 0 Å². The van der Waals surface area contributed by atoms with Gasteiger partial charge in [0.1, 0.15) is 0 Å². The van der Waals surface area contributed by atoms with E-state index in [0.717, 1.165) is 6.54 Å². The van der Waals surface area contributed by atoms with Gasteiger partial charge in [0.05, 0.1) is 19.1 Å². The molecule has 0 aromatic carbocycles. The van der Waals surface area contributed by atoms with Crippen LogP contribution < -0.4 is 5.32 Å². The molecule has 1 unspecified atom stereocenters. The molecule has 1 heterocycles. The van der Waals surface area contributed by atoms with E-state index in [1.165, 1.54) is 0 Å². The van der Waals surface area contributed by atoms with Gasteiger partial charge in [-0.25, -0.2) is 0 Å². The van der Waals surface area contributed by atoms with Crippen LogP contribution in [0.25, 0.3) is 0 Å². The van der Waals surface area contributed by atoms with Gasteiger partial charge in [-0.2, -0.15) is 0 Å². The molecule has 1 aliphatic rings. The highest BCUT2D eigenvalue weighted by Crippen LogP contribution is 2.03. The first-order valence-corrected chi connectivity index (χ1v) is 4.23. The Labute approximate surface area is 72.2 Å². The van der Waals surface area contributed by atoms with Gasteiger partial charge in [-0.3, -0.25) is 4.79 Å². The first-order chi connectivity index (χ1) is 5.70. The highest BCUT2D eigenvalue weighted by Gasteiger charge is 2.19. The number of nitrogens with one attached hydrogen (secondary N) is 1. The minimum atomic E-state index is -0.395. The first kappa shape index (κ1) is 9.48. The summed E-state index contributed by atoms with van der Waals surface area (Å²) in [5.74, 6) is -0.292. The van der Waals surface area contributed by atoms with Crippen molar-refractivity contribution < 1.29 is 14.3 Å². The summed E-state index contributed by atoms with van der Waals surface area (Å²) in [4.78, 5) is 11.1. The zero-order chi connectivity index (χ0) is 8.97. The molecule has 0 radical (unpaired) electrons. The maximum absolute atomic E-state index is 11.1. The zero-order valence-electron chi connectivity index (χ0n) is 7.50. The molecule has 1 atom stereocenters. The lowest BCUT2D eigenvalue weighted by atomic mass is 10.2. The fourth-order valence-electron chi connectivity index (χ4n) is 0.883. The van der Waals surface area contributed by atoms with E-state index in [-0.39, 0.29) is 11.9 Å². The molecule has 70 valence electrons. The molecule has 0 saturated carbocycles. The molecule has 12 heavy (non-hydrogen) atoms. The van der Waals surface area contributed by atoms with Crippen molar-refractivity contribution in [2.75, 3.05) is 19.7 Å². The predicted octanol–water partition coefficient (Wildman–Crippen LogP) is 0.132. The number of carbonyl (C=O) groups is 1. The van der Waals surface area contributed by atoms with E-state index in [9.17, 15) is 4.79 Å². The molecule has 4 nitrogen and oxygen atoms in total. The molecule has 1 fully saturated rings. The van der Waals surface area contributed by atoms with Gasteiger partial charge in [-0.15, -0.1) is 0 Å². The van der Waals surface area contributed by atoms with Crippen molar-refractivity contribution in [2.45, 2.75) is 20.1 Å². The van der Waals surface area contributed by atoms with Crippen LogP contribution >= 0.6 is 0 Å². The number of morpholine rings is 1. The van der Waals surface area contributed by atoms with Crippen LogP contribution in [-0.4, -0.2) is 32.0 Å². The largest absolute Gasteiger partial charge is 0.434 e. The van der Waals surface area contributed by atoms with Crippen molar-refractivity contribution >= 4 is 5.97 Å². The van der Waals surface area contributed by atoms with Crippen LogP contribution in [-0.2, 0) is 14.3 Å². The Kier molecular flexibility index (Phi) is 3.49. The van der Waals surface area contributed by atoms with Crippen LogP contribution in [0, 0.1) is 5.92 Å². The maximum Gasteiger partial charge on any atom is 0.310 e. The Morgan fingerprint density at radius 1 is 1.67 bits per heavy atom. The normalized spacial score (nSPS) is 24.1. The van der Waals surface area contributed by atoms with Crippen molar-refractivity contribution in [1.82, 2.24) is 5.32 Å². The summed E-state index contributed by atoms with van der Waals surface area (Å²) in [6.45, 7) is 5.64. The quantitative estimate of drug-likeness (QED) is 0.603. The van der Waals surface area contributed by atoms with Crippen LogP contribution in [0.3, 0.4) is 0 Å². The molecule has 4 heteroatoms. The number of carbonyl (C=O) groups excluding carboxylic acids is 1. The van der Waals surface area contributed by atoms with E-state index in [0.29, 0.717) is 13.2 Å². The molecular weight excluding hydrogens is 158 g/mol. The molecule has 1 saturated heterocycles. The summed E-state index contributed by atoms with van der Waals surface area (Å²) in [7, 11) is 0. The lowest BCUT2D eigenvalue weighted by Gasteiger charge is -2.23. The van der Waals surface area contributed by atoms with E-state index in [1.54, 1.807) is 13.8 Å². The van der Waals surface area contributed by atoms with Gasteiger partial charge < -0.3 is 14.8 Å². The van der Waals surface area contributed by atoms with Crippen LogP contribution in [0.5, 0.6) is 0 Å². The Hall–Kier alpha value is -0.610. The molecular formula is C8H15NO3. The fourth-order valence-corrected chi connectivity index (χ4v) is 0.883. The minimum Gasteiger partial charge on any atom is -0.434 e. The predicted molar refractivity (Wildman–Crippen MR) is 43.5 cm³/mol. The zero-order valence-corrected chi connectivity index (χ0v) is 7.50. The average Bonchev–Trinajstić information content (AvgIpc) is 2.06. The molecule has 0 amide bonds. The number of hydrogen-bond acceptors (Lipinski definition) is 4. The number of ether oxygens (including phenoxy) is 2. The maximum atomic E-state index is 11.1. The van der Waals surface area contributed by atoms with Crippen LogP contribution in [0.1, 0.15) is 13.8 Å². The summed E-state index contributed by atoms with van der Waals surface area (Å²) in [6.07, 6.45) is -0.395. The SMILES string of the molecule is CC(C)C(=O)OC1CNCCO1. The van der Waals surface area contributed by atoms with E-state index in [2.05, 4.69) is 5.32 Å². The van der Waals surface area contributed by atoms with Crippen molar-refractivity contribution in [3.63, 3.8) is 0 Å². The van der Waals surface area contributed by atoms with Gasteiger partial charge in [0.25, 0.3) is 0 Å². The number of rotatable bonds is 2. The van der Waals surface area contributed by atoms with E-state index in [1.807, 2.05) is 0 Å². The Morgan fingerprint density at radius 3 is 2.92 bits per heavy atom. The standard InChI is InChI=1S/C8H15NO3/c1-6(2)8(10)12-7-5-9-3-4-11-7/h6-7,9H,3-5H2,1-2H3. The smallest absolute Gasteiger partial charge is 0.310 e. The minimum absolute atomic E-state index is 0.0875. The molecule has 0 spiro atoms. The summed E-state index contributed by atoms with van der Waals surface area (Å²) < 4.78 is 10.2. The van der Waals surface area contributed by atoms with Crippen molar-refractivity contribution in [2.24, 2.45) is 5.92 Å². The molecule has 1 rings (SSSR count). The van der Waals surface area contributed by atoms with Gasteiger partial charge in [-0.1, -0.05) is 13.8 Å². The lowest BCUT2D eigenvalue weighted by molar-refractivity contribution is -0.186. The Balaban J connectivity index is 2.24. The highest BCUT2D eigenvalue weighted by molar-refractivity contribution is 5.71. The van der Waals surface area contributed by atoms with Crippen molar-refractivity contribution in [3.05, 3.63) is 0 Å². The summed E-state index contributed by atoms with van der Waals surface area (Å²) in [6, 6.07) is 0. The first-order valence-electron chi connectivity index (χ1n) is 4.23. The molecule has 0 aromatic rings. The van der Waals surface area contributed by atoms with Gasteiger partial charge in [0.2, 0.25) is 6.29 Å². The summed E-state index contributed by atoms with van der Waals surface area (Å²) >= 11 is 0. The van der Waals surface area contributed by atoms with E-state index < -0.39 is 6.29 Å². The van der Waals surface area contributed by atoms with Crippen LogP contribution in [0.15, 0.2) is 0 Å². The highest BCUT2D eigenvalue weighted by atomic mass is 16.7. The monoisotopic (exact) mass is 173 g/mol. The number of hydrogen-bond donors (Lipinski definition) is 1. The molecule has 1 aliphatic heterocycles. The van der Waals surface area contributed by atoms with Crippen molar-refractivity contribution in [1.29, 1.82) is 0 Å². The summed E-state index contributed by atoms with van der Waals surface area (Å²) in [5, 5.41) is 3.08.